The number of nitrogens with zero attached hydrogens (tertiary/aromatic N) is 3. The summed E-state index contributed by atoms with van der Waals surface area (Å²) in [6.45, 7) is 1.85. The van der Waals surface area contributed by atoms with E-state index >= 15 is 0 Å². The monoisotopic (exact) mass is 348 g/mol. The van der Waals surface area contributed by atoms with Gasteiger partial charge in [0.05, 0.1) is 5.75 Å². The van der Waals surface area contributed by atoms with Crippen LogP contribution in [0, 0.1) is 6.92 Å². The van der Waals surface area contributed by atoms with Crippen molar-refractivity contribution in [2.45, 2.75) is 12.1 Å². The molecule has 0 atom stereocenters. The highest BCUT2D eigenvalue weighted by molar-refractivity contribution is 7.99. The molecule has 1 amide bonds. The molecule has 118 valence electrons. The van der Waals surface area contributed by atoms with Gasteiger partial charge < -0.3 is 16.0 Å². The van der Waals surface area contributed by atoms with Gasteiger partial charge in [0.15, 0.2) is 16.6 Å². The summed E-state index contributed by atoms with van der Waals surface area (Å²) in [4.78, 5) is 27.2. The smallest absolute Gasteiger partial charge is 0.234 e. The van der Waals surface area contributed by atoms with E-state index in [0.717, 1.165) is 5.56 Å². The highest BCUT2D eigenvalue weighted by Crippen LogP contribution is 2.24. The van der Waals surface area contributed by atoms with E-state index in [4.69, 9.17) is 17.3 Å². The van der Waals surface area contributed by atoms with Crippen LogP contribution < -0.4 is 11.1 Å². The summed E-state index contributed by atoms with van der Waals surface area (Å²) in [7, 11) is 0. The first-order valence-corrected chi connectivity index (χ1v) is 8.05. The number of nitrogens with two attached hydrogens (primary N) is 1. The Balaban J connectivity index is 1.66. The molecule has 0 bridgehead atoms. The Morgan fingerprint density at radius 3 is 3.04 bits per heavy atom. The second-order valence-electron chi connectivity index (χ2n) is 4.75. The topological polar surface area (TPSA) is 110 Å². The summed E-state index contributed by atoms with van der Waals surface area (Å²) in [5.74, 6) is 0.368. The number of aromatic nitrogens is 4. The van der Waals surface area contributed by atoms with Crippen molar-refractivity contribution in [1.82, 2.24) is 19.9 Å². The zero-order chi connectivity index (χ0) is 16.4. The molecule has 2 aromatic heterocycles. The van der Waals surface area contributed by atoms with Gasteiger partial charge >= 0.3 is 0 Å². The predicted molar refractivity (Wildman–Crippen MR) is 91.6 cm³/mol. The van der Waals surface area contributed by atoms with Gasteiger partial charge in [0.1, 0.15) is 11.8 Å². The number of hydrogen-bond acceptors (Lipinski definition) is 6. The summed E-state index contributed by atoms with van der Waals surface area (Å²) < 4.78 is 0. The van der Waals surface area contributed by atoms with E-state index < -0.39 is 0 Å². The molecule has 0 spiro atoms. The highest BCUT2D eigenvalue weighted by Gasteiger charge is 2.11. The molecule has 9 heteroatoms. The average molecular weight is 349 g/mol. The summed E-state index contributed by atoms with van der Waals surface area (Å²) in [6, 6.07) is 5.38. The van der Waals surface area contributed by atoms with Gasteiger partial charge in [-0.25, -0.2) is 15.0 Å². The van der Waals surface area contributed by atoms with Gasteiger partial charge in [-0.2, -0.15) is 0 Å². The maximum absolute atomic E-state index is 12.1. The molecule has 0 saturated heterocycles. The first-order chi connectivity index (χ1) is 11.0. The van der Waals surface area contributed by atoms with E-state index in [1.807, 2.05) is 6.92 Å². The molecule has 3 rings (SSSR count). The number of halogens is 1. The molecule has 0 aliphatic carbocycles. The molecular formula is C14H13ClN6OS. The van der Waals surface area contributed by atoms with Crippen molar-refractivity contribution in [2.75, 3.05) is 16.8 Å². The van der Waals surface area contributed by atoms with Crippen LogP contribution in [0.25, 0.3) is 11.2 Å². The van der Waals surface area contributed by atoms with Gasteiger partial charge in [0.25, 0.3) is 0 Å². The zero-order valence-corrected chi connectivity index (χ0v) is 13.7. The SMILES string of the molecule is Cc1c(Cl)cccc1NC(=O)CSc1nc2ncnc(N)c2[nH]1. The molecule has 0 fully saturated rings. The number of rotatable bonds is 4. The van der Waals surface area contributed by atoms with E-state index in [1.165, 1.54) is 18.1 Å². The van der Waals surface area contributed by atoms with Crippen molar-refractivity contribution < 1.29 is 4.79 Å². The number of amides is 1. The van der Waals surface area contributed by atoms with Gasteiger partial charge in [0, 0.05) is 10.7 Å². The number of imidazole rings is 1. The first kappa shape index (κ1) is 15.6. The molecule has 7 nitrogen and oxygen atoms in total. The maximum atomic E-state index is 12.1. The van der Waals surface area contributed by atoms with Crippen molar-refractivity contribution >= 4 is 51.9 Å². The zero-order valence-electron chi connectivity index (χ0n) is 12.1. The molecule has 0 saturated carbocycles. The number of carbonyl (C=O) groups is 1. The molecule has 0 aliphatic heterocycles. The van der Waals surface area contributed by atoms with Crippen LogP contribution >= 0.6 is 23.4 Å². The quantitative estimate of drug-likeness (QED) is 0.625. The minimum Gasteiger partial charge on any atom is -0.382 e. The lowest BCUT2D eigenvalue weighted by molar-refractivity contribution is -0.113. The minimum absolute atomic E-state index is 0.153. The number of benzene rings is 1. The summed E-state index contributed by atoms with van der Waals surface area (Å²) in [5, 5.41) is 4.00. The first-order valence-electron chi connectivity index (χ1n) is 6.68. The predicted octanol–water partition coefficient (Wildman–Crippen LogP) is 2.63. The van der Waals surface area contributed by atoms with Crippen LogP contribution in [0.5, 0.6) is 0 Å². The Bertz CT molecular complexity index is 881. The number of carbonyl (C=O) groups excluding carboxylic acids is 1. The van der Waals surface area contributed by atoms with Crippen molar-refractivity contribution in [3.05, 3.63) is 35.1 Å². The molecule has 4 N–H and O–H groups in total. The Morgan fingerprint density at radius 2 is 2.26 bits per heavy atom. The van der Waals surface area contributed by atoms with E-state index in [-0.39, 0.29) is 11.7 Å². The molecule has 1 aromatic carbocycles. The minimum atomic E-state index is -0.153. The van der Waals surface area contributed by atoms with Gasteiger partial charge in [-0.1, -0.05) is 29.4 Å². The molecule has 2 heterocycles. The third-order valence-electron chi connectivity index (χ3n) is 3.18. The van der Waals surface area contributed by atoms with Crippen LogP contribution in [0.4, 0.5) is 11.5 Å². The second kappa shape index (κ2) is 6.43. The van der Waals surface area contributed by atoms with E-state index in [9.17, 15) is 4.79 Å². The number of H-pyrrole nitrogens is 1. The van der Waals surface area contributed by atoms with Crippen molar-refractivity contribution in [1.29, 1.82) is 0 Å². The standard InChI is InChI=1S/C14H13ClN6OS/c1-7-8(15)3-2-4-9(7)19-10(22)5-23-14-20-11-12(16)17-6-18-13(11)21-14/h2-4,6H,5H2,1H3,(H,19,22)(H3,16,17,18,20,21). The van der Waals surface area contributed by atoms with Gasteiger partial charge in [-0.3, -0.25) is 4.79 Å². The number of hydrogen-bond donors (Lipinski definition) is 3. The maximum Gasteiger partial charge on any atom is 0.234 e. The van der Waals surface area contributed by atoms with E-state index in [2.05, 4.69) is 25.3 Å². The number of nitrogen functional groups attached to an aromatic ring is 1. The van der Waals surface area contributed by atoms with Crippen LogP contribution in [-0.4, -0.2) is 31.6 Å². The van der Waals surface area contributed by atoms with Crippen molar-refractivity contribution in [3.8, 4) is 0 Å². The lowest BCUT2D eigenvalue weighted by atomic mass is 10.2. The van der Waals surface area contributed by atoms with Crippen LogP contribution in [0.1, 0.15) is 5.56 Å². The highest BCUT2D eigenvalue weighted by atomic mass is 35.5. The number of thioether (sulfide) groups is 1. The fourth-order valence-electron chi connectivity index (χ4n) is 1.96. The lowest BCUT2D eigenvalue weighted by Crippen LogP contribution is -2.15. The third kappa shape index (κ3) is 3.38. The Labute approximate surface area is 141 Å². The second-order valence-corrected chi connectivity index (χ2v) is 6.12. The van der Waals surface area contributed by atoms with Crippen molar-refractivity contribution in [3.63, 3.8) is 0 Å². The molecule has 0 radical (unpaired) electrons. The normalized spacial score (nSPS) is 10.9. The fourth-order valence-corrected chi connectivity index (χ4v) is 2.80. The number of nitrogens with one attached hydrogen (secondary N) is 2. The van der Waals surface area contributed by atoms with Gasteiger partial charge in [-0.05, 0) is 24.6 Å². The summed E-state index contributed by atoms with van der Waals surface area (Å²) in [5.41, 5.74) is 8.31. The van der Waals surface area contributed by atoms with Crippen LogP contribution in [0.15, 0.2) is 29.7 Å². The average Bonchev–Trinajstić information content (AvgIpc) is 2.94. The fraction of sp³-hybridized carbons (Fsp3) is 0.143. The molecule has 23 heavy (non-hydrogen) atoms. The summed E-state index contributed by atoms with van der Waals surface area (Å²) >= 11 is 7.29. The van der Waals surface area contributed by atoms with Crippen LogP contribution in [0.3, 0.4) is 0 Å². The molecule has 0 unspecified atom stereocenters. The third-order valence-corrected chi connectivity index (χ3v) is 4.46. The number of aromatic amines is 1. The Hall–Kier alpha value is -2.32. The molecule has 3 aromatic rings. The van der Waals surface area contributed by atoms with Crippen LogP contribution in [0.2, 0.25) is 5.02 Å². The van der Waals surface area contributed by atoms with Gasteiger partial charge in [-0.15, -0.1) is 0 Å². The largest absolute Gasteiger partial charge is 0.382 e. The van der Waals surface area contributed by atoms with Crippen molar-refractivity contribution in [2.24, 2.45) is 0 Å². The van der Waals surface area contributed by atoms with E-state index in [1.54, 1.807) is 18.2 Å². The molecule has 0 aliphatic rings. The molecular weight excluding hydrogens is 336 g/mol. The number of fused-ring (bicyclic) bond motifs is 1. The Kier molecular flexibility index (Phi) is 4.35. The number of anilines is 2. The Morgan fingerprint density at radius 1 is 1.43 bits per heavy atom. The van der Waals surface area contributed by atoms with Crippen LogP contribution in [-0.2, 0) is 4.79 Å². The van der Waals surface area contributed by atoms with Gasteiger partial charge in [0.2, 0.25) is 5.91 Å². The van der Waals surface area contributed by atoms with E-state index in [0.29, 0.717) is 32.8 Å². The lowest BCUT2D eigenvalue weighted by Gasteiger charge is -2.08. The summed E-state index contributed by atoms with van der Waals surface area (Å²) in [6.07, 6.45) is 1.35.